The SMILES string of the molecule is C=C(C)COCCNC(=O)CCN1C(=O)NC(C)(C)C1=O. The maximum absolute atomic E-state index is 11.9. The number of carbonyl (C=O) groups is 3. The number of carbonyl (C=O) groups excluding carboxylic acids is 3. The number of amides is 4. The Morgan fingerprint density at radius 2 is 2.10 bits per heavy atom. The highest BCUT2D eigenvalue weighted by Crippen LogP contribution is 2.16. The van der Waals surface area contributed by atoms with E-state index in [-0.39, 0.29) is 24.8 Å². The van der Waals surface area contributed by atoms with E-state index in [9.17, 15) is 14.4 Å². The number of nitrogens with one attached hydrogen (secondary N) is 2. The van der Waals surface area contributed by atoms with Gasteiger partial charge < -0.3 is 15.4 Å². The first-order valence-electron chi connectivity index (χ1n) is 6.87. The van der Waals surface area contributed by atoms with Crippen LogP contribution in [0.1, 0.15) is 27.2 Å². The van der Waals surface area contributed by atoms with Gasteiger partial charge in [0.15, 0.2) is 0 Å². The van der Waals surface area contributed by atoms with E-state index in [1.54, 1.807) is 13.8 Å². The first-order valence-corrected chi connectivity index (χ1v) is 6.87. The van der Waals surface area contributed by atoms with Crippen LogP contribution in [-0.4, -0.2) is 54.6 Å². The Labute approximate surface area is 124 Å². The second-order valence-electron chi connectivity index (χ2n) is 5.62. The second kappa shape index (κ2) is 7.21. The van der Waals surface area contributed by atoms with Crippen LogP contribution in [0.5, 0.6) is 0 Å². The smallest absolute Gasteiger partial charge is 0.325 e. The molecule has 0 unspecified atom stereocenters. The largest absolute Gasteiger partial charge is 0.375 e. The number of hydrogen-bond acceptors (Lipinski definition) is 4. The quantitative estimate of drug-likeness (QED) is 0.386. The van der Waals surface area contributed by atoms with Gasteiger partial charge in [-0.25, -0.2) is 4.79 Å². The summed E-state index contributed by atoms with van der Waals surface area (Å²) in [5, 5.41) is 5.23. The second-order valence-corrected chi connectivity index (χ2v) is 5.62. The minimum atomic E-state index is -0.899. The lowest BCUT2D eigenvalue weighted by Gasteiger charge is -2.15. The van der Waals surface area contributed by atoms with Crippen LogP contribution in [0.15, 0.2) is 12.2 Å². The fourth-order valence-electron chi connectivity index (χ4n) is 1.83. The zero-order chi connectivity index (χ0) is 16.0. The molecule has 0 aromatic carbocycles. The molecule has 1 saturated heterocycles. The fraction of sp³-hybridized carbons (Fsp3) is 0.643. The maximum atomic E-state index is 11.9. The number of hydrogen-bond donors (Lipinski definition) is 2. The molecule has 0 aromatic heterocycles. The summed E-state index contributed by atoms with van der Waals surface area (Å²) in [5.74, 6) is -0.538. The van der Waals surface area contributed by atoms with Crippen molar-refractivity contribution in [1.29, 1.82) is 0 Å². The van der Waals surface area contributed by atoms with Gasteiger partial charge in [-0.15, -0.1) is 0 Å². The number of ether oxygens (including phenoxy) is 1. The lowest BCUT2D eigenvalue weighted by molar-refractivity contribution is -0.130. The Morgan fingerprint density at radius 3 is 2.62 bits per heavy atom. The Kier molecular flexibility index (Phi) is 5.90. The average molecular weight is 297 g/mol. The number of imide groups is 1. The van der Waals surface area contributed by atoms with Gasteiger partial charge in [0.1, 0.15) is 5.54 Å². The summed E-state index contributed by atoms with van der Waals surface area (Å²) in [5.41, 5.74) is 0.0201. The average Bonchev–Trinajstić information content (AvgIpc) is 2.55. The molecule has 7 heteroatoms. The monoisotopic (exact) mass is 297 g/mol. The summed E-state index contributed by atoms with van der Waals surface area (Å²) in [6, 6.07) is -0.456. The van der Waals surface area contributed by atoms with E-state index in [1.807, 2.05) is 6.92 Å². The minimum absolute atomic E-state index is 0.0759. The fourth-order valence-corrected chi connectivity index (χ4v) is 1.83. The van der Waals surface area contributed by atoms with Crippen molar-refractivity contribution < 1.29 is 19.1 Å². The van der Waals surface area contributed by atoms with Crippen LogP contribution in [0.4, 0.5) is 4.79 Å². The molecule has 0 spiro atoms. The summed E-state index contributed by atoms with van der Waals surface area (Å²) < 4.78 is 5.24. The van der Waals surface area contributed by atoms with Gasteiger partial charge in [0.25, 0.3) is 5.91 Å². The standard InChI is InChI=1S/C14H23N3O4/c1-10(2)9-21-8-6-15-11(18)5-7-17-12(19)14(3,4)16-13(17)20/h1,5-9H2,2-4H3,(H,15,18)(H,16,20). The van der Waals surface area contributed by atoms with Crippen LogP contribution in [0.25, 0.3) is 0 Å². The summed E-state index contributed by atoms with van der Waals surface area (Å²) in [6.45, 7) is 10.1. The van der Waals surface area contributed by atoms with Gasteiger partial charge in [0, 0.05) is 19.5 Å². The molecule has 1 aliphatic heterocycles. The van der Waals surface area contributed by atoms with Crippen LogP contribution in [0.2, 0.25) is 0 Å². The molecule has 1 fully saturated rings. The molecular formula is C14H23N3O4. The summed E-state index contributed by atoms with van der Waals surface area (Å²) in [6.07, 6.45) is 0.0791. The molecule has 7 nitrogen and oxygen atoms in total. The summed E-state index contributed by atoms with van der Waals surface area (Å²) in [7, 11) is 0. The normalized spacial score (nSPS) is 16.8. The van der Waals surface area contributed by atoms with E-state index < -0.39 is 11.6 Å². The number of nitrogens with zero attached hydrogens (tertiary/aromatic N) is 1. The number of urea groups is 1. The van der Waals surface area contributed by atoms with Gasteiger partial charge in [-0.3, -0.25) is 14.5 Å². The van der Waals surface area contributed by atoms with Crippen LogP contribution < -0.4 is 10.6 Å². The Bertz CT molecular complexity index is 446. The van der Waals surface area contributed by atoms with Crippen molar-refractivity contribution in [3.8, 4) is 0 Å². The van der Waals surface area contributed by atoms with Gasteiger partial charge in [-0.05, 0) is 20.8 Å². The minimum Gasteiger partial charge on any atom is -0.375 e. The van der Waals surface area contributed by atoms with Gasteiger partial charge in [0.2, 0.25) is 5.91 Å². The van der Waals surface area contributed by atoms with E-state index in [0.717, 1.165) is 10.5 Å². The van der Waals surface area contributed by atoms with Crippen LogP contribution >= 0.6 is 0 Å². The molecule has 2 N–H and O–H groups in total. The van der Waals surface area contributed by atoms with Gasteiger partial charge >= 0.3 is 6.03 Å². The molecule has 0 aromatic rings. The van der Waals surface area contributed by atoms with Crippen molar-refractivity contribution in [2.45, 2.75) is 32.7 Å². The summed E-state index contributed by atoms with van der Waals surface area (Å²) in [4.78, 5) is 36.2. The molecule has 1 heterocycles. The maximum Gasteiger partial charge on any atom is 0.325 e. The van der Waals surface area contributed by atoms with Crippen LogP contribution in [0, 0.1) is 0 Å². The predicted octanol–water partition coefficient (Wildman–Crippen LogP) is 0.416. The Morgan fingerprint density at radius 1 is 1.43 bits per heavy atom. The van der Waals surface area contributed by atoms with Crippen molar-refractivity contribution in [2.24, 2.45) is 0 Å². The molecular weight excluding hydrogens is 274 g/mol. The molecule has 21 heavy (non-hydrogen) atoms. The highest BCUT2D eigenvalue weighted by atomic mass is 16.5. The third-order valence-corrected chi connectivity index (χ3v) is 2.92. The van der Waals surface area contributed by atoms with Crippen molar-refractivity contribution in [1.82, 2.24) is 15.5 Å². The van der Waals surface area contributed by atoms with E-state index in [2.05, 4.69) is 17.2 Å². The lowest BCUT2D eigenvalue weighted by Crippen LogP contribution is -2.40. The van der Waals surface area contributed by atoms with Crippen molar-refractivity contribution in [3.63, 3.8) is 0 Å². The zero-order valence-corrected chi connectivity index (χ0v) is 12.8. The van der Waals surface area contributed by atoms with Crippen molar-refractivity contribution in [3.05, 3.63) is 12.2 Å². The highest BCUT2D eigenvalue weighted by molar-refractivity contribution is 6.06. The Balaban J connectivity index is 2.23. The van der Waals surface area contributed by atoms with E-state index in [0.29, 0.717) is 19.8 Å². The molecule has 0 saturated carbocycles. The predicted molar refractivity (Wildman–Crippen MR) is 77.6 cm³/mol. The zero-order valence-electron chi connectivity index (χ0n) is 12.8. The first-order chi connectivity index (χ1) is 9.74. The third-order valence-electron chi connectivity index (χ3n) is 2.92. The molecule has 0 radical (unpaired) electrons. The van der Waals surface area contributed by atoms with E-state index >= 15 is 0 Å². The van der Waals surface area contributed by atoms with Gasteiger partial charge in [0.05, 0.1) is 13.2 Å². The third kappa shape index (κ3) is 5.18. The topological polar surface area (TPSA) is 87.7 Å². The highest BCUT2D eigenvalue weighted by Gasteiger charge is 2.43. The van der Waals surface area contributed by atoms with E-state index in [1.165, 1.54) is 0 Å². The summed E-state index contributed by atoms with van der Waals surface area (Å²) >= 11 is 0. The van der Waals surface area contributed by atoms with Crippen molar-refractivity contribution >= 4 is 17.8 Å². The lowest BCUT2D eigenvalue weighted by atomic mass is 10.1. The van der Waals surface area contributed by atoms with E-state index in [4.69, 9.17) is 4.74 Å². The molecule has 1 aliphatic rings. The van der Waals surface area contributed by atoms with Crippen molar-refractivity contribution in [2.75, 3.05) is 26.3 Å². The first kappa shape index (κ1) is 17.2. The molecule has 4 amide bonds. The molecule has 0 atom stereocenters. The van der Waals surface area contributed by atoms with Crippen LogP contribution in [-0.2, 0) is 14.3 Å². The number of rotatable bonds is 8. The van der Waals surface area contributed by atoms with Gasteiger partial charge in [-0.2, -0.15) is 0 Å². The Hall–Kier alpha value is -1.89. The molecule has 1 rings (SSSR count). The van der Waals surface area contributed by atoms with Crippen LogP contribution in [0.3, 0.4) is 0 Å². The van der Waals surface area contributed by atoms with Gasteiger partial charge in [-0.1, -0.05) is 12.2 Å². The molecule has 118 valence electrons. The molecule has 0 aliphatic carbocycles. The molecule has 0 bridgehead atoms.